The van der Waals surface area contributed by atoms with Crippen LogP contribution in [0.25, 0.3) is 22.2 Å². The van der Waals surface area contributed by atoms with Gasteiger partial charge in [0.05, 0.1) is 46.6 Å². The number of nitrogens with zero attached hydrogens (tertiary/aromatic N) is 5. The number of hydrogen-bond donors (Lipinski definition) is 1. The Morgan fingerprint density at radius 3 is 2.69 bits per heavy atom. The zero-order valence-electron chi connectivity index (χ0n) is 19.4. The van der Waals surface area contributed by atoms with Crippen molar-refractivity contribution in [2.45, 2.75) is 20.4 Å². The second-order valence-corrected chi connectivity index (χ2v) is 8.78. The number of carbonyl (C=O) groups is 1. The van der Waals surface area contributed by atoms with Gasteiger partial charge in [-0.2, -0.15) is 10.2 Å². The summed E-state index contributed by atoms with van der Waals surface area (Å²) >= 11 is 6.20. The number of aryl methyl sites for hydroxylation is 2. The number of aromatic nitrogens is 5. The fourth-order valence-corrected chi connectivity index (χ4v) is 4.32. The lowest BCUT2D eigenvalue weighted by molar-refractivity contribution is 0.102. The highest BCUT2D eigenvalue weighted by molar-refractivity contribution is 6.31. The van der Waals surface area contributed by atoms with E-state index < -0.39 is 5.82 Å². The second kappa shape index (κ2) is 8.96. The molecule has 35 heavy (non-hydrogen) atoms. The molecule has 5 aromatic rings. The number of benzene rings is 2. The Bertz CT molecular complexity index is 1590. The fourth-order valence-electron chi connectivity index (χ4n) is 4.09. The Balaban J connectivity index is 1.50. The summed E-state index contributed by atoms with van der Waals surface area (Å²) < 4.78 is 16.9. The maximum Gasteiger partial charge on any atom is 0.256 e. The first-order chi connectivity index (χ1) is 16.8. The highest BCUT2D eigenvalue weighted by Gasteiger charge is 2.19. The van der Waals surface area contributed by atoms with E-state index in [4.69, 9.17) is 16.6 Å². The summed E-state index contributed by atoms with van der Waals surface area (Å²) in [6.07, 6.45) is 3.58. The van der Waals surface area contributed by atoms with Crippen molar-refractivity contribution in [1.82, 2.24) is 24.5 Å². The second-order valence-electron chi connectivity index (χ2n) is 8.37. The van der Waals surface area contributed by atoms with Gasteiger partial charge in [-0.05, 0) is 43.7 Å². The molecule has 0 saturated heterocycles. The van der Waals surface area contributed by atoms with E-state index in [1.165, 1.54) is 12.1 Å². The molecule has 1 amide bonds. The summed E-state index contributed by atoms with van der Waals surface area (Å²) in [7, 11) is 1.83. The Hall–Kier alpha value is -4.04. The van der Waals surface area contributed by atoms with Crippen molar-refractivity contribution in [1.29, 1.82) is 0 Å². The lowest BCUT2D eigenvalue weighted by atomic mass is 10.0. The lowest BCUT2D eigenvalue weighted by Crippen LogP contribution is -2.14. The van der Waals surface area contributed by atoms with Crippen LogP contribution in [-0.4, -0.2) is 30.5 Å². The van der Waals surface area contributed by atoms with E-state index in [0.717, 1.165) is 22.2 Å². The van der Waals surface area contributed by atoms with Crippen molar-refractivity contribution in [3.8, 4) is 11.3 Å². The number of amides is 1. The van der Waals surface area contributed by atoms with Gasteiger partial charge in [0.25, 0.3) is 5.91 Å². The van der Waals surface area contributed by atoms with Gasteiger partial charge in [-0.1, -0.05) is 35.9 Å². The lowest BCUT2D eigenvalue weighted by Gasteiger charge is -2.11. The number of para-hydroxylation sites is 1. The molecule has 176 valence electrons. The summed E-state index contributed by atoms with van der Waals surface area (Å²) in [6, 6.07) is 13.6. The number of fused-ring (bicyclic) bond motifs is 1. The standard InChI is InChI=1S/C26H22ClFN6O/c1-15-25(16(2)34(32-15)14-17-8-9-19(28)10-22(17)27)31-26(35)21-11-24(18-12-29-33(3)13-18)30-23-7-5-4-6-20(21)23/h4-13H,14H2,1-3H3,(H,31,35). The zero-order valence-corrected chi connectivity index (χ0v) is 20.1. The number of anilines is 1. The number of halogens is 2. The molecule has 2 aromatic carbocycles. The van der Waals surface area contributed by atoms with Crippen molar-refractivity contribution in [3.05, 3.63) is 94.3 Å². The van der Waals surface area contributed by atoms with Crippen LogP contribution in [-0.2, 0) is 13.6 Å². The van der Waals surface area contributed by atoms with Gasteiger partial charge < -0.3 is 5.32 Å². The molecule has 0 saturated carbocycles. The van der Waals surface area contributed by atoms with Crippen LogP contribution >= 0.6 is 11.6 Å². The summed E-state index contributed by atoms with van der Waals surface area (Å²) in [6.45, 7) is 4.06. The first-order valence-electron chi connectivity index (χ1n) is 11.0. The molecular formula is C26H22ClFN6O. The van der Waals surface area contributed by atoms with Crippen molar-refractivity contribution >= 4 is 34.1 Å². The highest BCUT2D eigenvalue weighted by atomic mass is 35.5. The van der Waals surface area contributed by atoms with E-state index in [9.17, 15) is 9.18 Å². The number of pyridine rings is 1. The predicted molar refractivity (Wildman–Crippen MR) is 134 cm³/mol. The van der Waals surface area contributed by atoms with E-state index in [2.05, 4.69) is 15.5 Å². The average molecular weight is 489 g/mol. The van der Waals surface area contributed by atoms with Crippen molar-refractivity contribution < 1.29 is 9.18 Å². The number of nitrogens with one attached hydrogen (secondary N) is 1. The maximum atomic E-state index is 13.5. The van der Waals surface area contributed by atoms with Crippen molar-refractivity contribution in [2.75, 3.05) is 5.32 Å². The van der Waals surface area contributed by atoms with Gasteiger partial charge in [0.2, 0.25) is 0 Å². The minimum Gasteiger partial charge on any atom is -0.319 e. The molecule has 3 heterocycles. The largest absolute Gasteiger partial charge is 0.319 e. The van der Waals surface area contributed by atoms with Crippen LogP contribution in [0.3, 0.4) is 0 Å². The molecule has 7 nitrogen and oxygen atoms in total. The van der Waals surface area contributed by atoms with Gasteiger partial charge in [-0.15, -0.1) is 0 Å². The van der Waals surface area contributed by atoms with Gasteiger partial charge in [0.1, 0.15) is 5.82 Å². The van der Waals surface area contributed by atoms with Gasteiger partial charge in [-0.3, -0.25) is 14.2 Å². The molecule has 0 aliphatic carbocycles. The molecule has 0 atom stereocenters. The fraction of sp³-hybridized carbons (Fsp3) is 0.154. The van der Waals surface area contributed by atoms with Crippen LogP contribution in [0.4, 0.5) is 10.1 Å². The predicted octanol–water partition coefficient (Wildman–Crippen LogP) is 5.54. The average Bonchev–Trinajstić information content (AvgIpc) is 3.38. The summed E-state index contributed by atoms with van der Waals surface area (Å²) in [5, 5.41) is 12.9. The normalized spacial score (nSPS) is 11.2. The van der Waals surface area contributed by atoms with Gasteiger partial charge in [0, 0.05) is 29.2 Å². The monoisotopic (exact) mass is 488 g/mol. The van der Waals surface area contributed by atoms with Crippen molar-refractivity contribution in [2.24, 2.45) is 7.05 Å². The summed E-state index contributed by atoms with van der Waals surface area (Å²) in [4.78, 5) is 18.2. The summed E-state index contributed by atoms with van der Waals surface area (Å²) in [5.74, 6) is -0.658. The van der Waals surface area contributed by atoms with Crippen LogP contribution < -0.4 is 5.32 Å². The van der Waals surface area contributed by atoms with Crippen molar-refractivity contribution in [3.63, 3.8) is 0 Å². The van der Waals surface area contributed by atoms with Gasteiger partial charge >= 0.3 is 0 Å². The van der Waals surface area contributed by atoms with E-state index in [-0.39, 0.29) is 5.91 Å². The molecule has 0 aliphatic heterocycles. The number of hydrogen-bond acceptors (Lipinski definition) is 4. The van der Waals surface area contributed by atoms with Crippen LogP contribution in [0.15, 0.2) is 60.9 Å². The molecule has 0 fully saturated rings. The Kier molecular flexibility index (Phi) is 5.82. The number of rotatable bonds is 5. The Labute approximate surface area is 206 Å². The molecule has 0 radical (unpaired) electrons. The van der Waals surface area contributed by atoms with E-state index in [0.29, 0.717) is 39.7 Å². The molecule has 5 rings (SSSR count). The van der Waals surface area contributed by atoms with Crippen LogP contribution in [0, 0.1) is 19.7 Å². The highest BCUT2D eigenvalue weighted by Crippen LogP contribution is 2.28. The molecular weight excluding hydrogens is 467 g/mol. The van der Waals surface area contributed by atoms with Crippen LogP contribution in [0.2, 0.25) is 5.02 Å². The molecule has 0 unspecified atom stereocenters. The first kappa shape index (κ1) is 22.7. The molecule has 9 heteroatoms. The first-order valence-corrected chi connectivity index (χ1v) is 11.4. The topological polar surface area (TPSA) is 77.6 Å². The maximum absolute atomic E-state index is 13.5. The van der Waals surface area contributed by atoms with E-state index in [1.807, 2.05) is 51.4 Å². The van der Waals surface area contributed by atoms with Gasteiger partial charge in [-0.25, -0.2) is 9.37 Å². The molecule has 1 N–H and O–H groups in total. The minimum absolute atomic E-state index is 0.265. The Morgan fingerprint density at radius 1 is 1.14 bits per heavy atom. The molecule has 3 aromatic heterocycles. The molecule has 0 spiro atoms. The number of carbonyl (C=O) groups excluding carboxylic acids is 1. The molecule has 0 bridgehead atoms. The molecule has 0 aliphatic rings. The minimum atomic E-state index is -0.393. The van der Waals surface area contributed by atoms with Crippen LogP contribution in [0.5, 0.6) is 0 Å². The SMILES string of the molecule is Cc1nn(Cc2ccc(F)cc2Cl)c(C)c1NC(=O)c1cc(-c2cnn(C)c2)nc2ccccc12. The van der Waals surface area contributed by atoms with E-state index >= 15 is 0 Å². The summed E-state index contributed by atoms with van der Waals surface area (Å²) in [5.41, 5.74) is 5.49. The Morgan fingerprint density at radius 2 is 1.94 bits per heavy atom. The smallest absolute Gasteiger partial charge is 0.256 e. The van der Waals surface area contributed by atoms with E-state index in [1.54, 1.807) is 27.7 Å². The van der Waals surface area contributed by atoms with Crippen LogP contribution in [0.1, 0.15) is 27.3 Å². The third kappa shape index (κ3) is 4.40. The van der Waals surface area contributed by atoms with Gasteiger partial charge in [0.15, 0.2) is 0 Å². The zero-order chi connectivity index (χ0) is 24.7. The quantitative estimate of drug-likeness (QED) is 0.352. The third-order valence-corrected chi connectivity index (χ3v) is 6.27. The third-order valence-electron chi connectivity index (χ3n) is 5.92.